The second kappa shape index (κ2) is 6.58. The fourth-order valence-corrected chi connectivity index (χ4v) is 2.77. The highest BCUT2D eigenvalue weighted by Gasteiger charge is 2.13. The van der Waals surface area contributed by atoms with Crippen molar-refractivity contribution < 1.29 is 8.81 Å². The first-order valence-electron chi connectivity index (χ1n) is 6.88. The number of hydrogen-bond donors (Lipinski definition) is 1. The molecule has 4 nitrogen and oxygen atoms in total. The minimum Gasteiger partial charge on any atom is -0.467 e. The van der Waals surface area contributed by atoms with Crippen molar-refractivity contribution in [2.24, 2.45) is 0 Å². The van der Waals surface area contributed by atoms with Crippen LogP contribution in [0, 0.1) is 0 Å². The van der Waals surface area contributed by atoms with Crippen molar-refractivity contribution in [1.82, 2.24) is 9.61 Å². The van der Waals surface area contributed by atoms with E-state index in [0.717, 1.165) is 22.5 Å². The molecule has 0 amide bonds. The van der Waals surface area contributed by atoms with Gasteiger partial charge >= 0.3 is 0 Å². The topological polar surface area (TPSA) is 42.5 Å². The minimum atomic E-state index is -0.375. The predicted octanol–water partition coefficient (Wildman–Crippen LogP) is 4.75. The summed E-state index contributed by atoms with van der Waals surface area (Å²) < 4.78 is 19.2. The number of halogens is 3. The number of nitrogens with zero attached hydrogens (tertiary/aromatic N) is 2. The van der Waals surface area contributed by atoms with Crippen LogP contribution in [-0.4, -0.2) is 16.3 Å². The average Bonchev–Trinajstić information content (AvgIpc) is 3.12. The number of fused-ring (bicyclic) bond motifs is 1. The van der Waals surface area contributed by atoms with Crippen molar-refractivity contribution in [2.45, 2.75) is 19.4 Å². The molecular formula is C15H14Cl2FN3O. The van der Waals surface area contributed by atoms with Crippen LogP contribution in [0.15, 0.2) is 34.9 Å². The summed E-state index contributed by atoms with van der Waals surface area (Å²) in [5, 5.41) is 8.25. The lowest BCUT2D eigenvalue weighted by Gasteiger charge is -2.07. The van der Waals surface area contributed by atoms with Crippen molar-refractivity contribution in [3.63, 3.8) is 0 Å². The molecule has 116 valence electrons. The van der Waals surface area contributed by atoms with Crippen LogP contribution in [-0.2, 0) is 13.0 Å². The molecule has 0 atom stereocenters. The van der Waals surface area contributed by atoms with E-state index < -0.39 is 0 Å². The summed E-state index contributed by atoms with van der Waals surface area (Å²) in [5.74, 6) is 0.807. The maximum absolute atomic E-state index is 12.4. The van der Waals surface area contributed by atoms with Gasteiger partial charge in [-0.3, -0.25) is 4.39 Å². The van der Waals surface area contributed by atoms with Gasteiger partial charge < -0.3 is 9.73 Å². The number of furan rings is 1. The molecule has 0 unspecified atom stereocenters. The quantitative estimate of drug-likeness (QED) is 0.703. The molecule has 7 heteroatoms. The Kier molecular flexibility index (Phi) is 4.55. The zero-order valence-electron chi connectivity index (χ0n) is 11.7. The second-order valence-corrected chi connectivity index (χ2v) is 5.61. The van der Waals surface area contributed by atoms with Crippen LogP contribution in [0.5, 0.6) is 0 Å². The lowest BCUT2D eigenvalue weighted by Crippen LogP contribution is -2.02. The third kappa shape index (κ3) is 3.05. The highest BCUT2D eigenvalue weighted by molar-refractivity contribution is 6.31. The summed E-state index contributed by atoms with van der Waals surface area (Å²) in [6.45, 7) is 0.145. The van der Waals surface area contributed by atoms with E-state index in [0.29, 0.717) is 29.7 Å². The maximum atomic E-state index is 12.4. The van der Waals surface area contributed by atoms with Gasteiger partial charge in [0.2, 0.25) is 0 Å². The molecule has 3 aromatic rings. The van der Waals surface area contributed by atoms with Gasteiger partial charge in [-0.25, -0.2) is 4.52 Å². The van der Waals surface area contributed by atoms with Crippen molar-refractivity contribution in [2.75, 3.05) is 12.0 Å². The monoisotopic (exact) mass is 341 g/mol. The molecule has 22 heavy (non-hydrogen) atoms. The molecule has 1 N–H and O–H groups in total. The summed E-state index contributed by atoms with van der Waals surface area (Å²) in [7, 11) is 0. The molecule has 3 aromatic heterocycles. The van der Waals surface area contributed by atoms with Crippen molar-refractivity contribution >= 4 is 34.4 Å². The van der Waals surface area contributed by atoms with E-state index in [-0.39, 0.29) is 6.67 Å². The Morgan fingerprint density at radius 2 is 2.18 bits per heavy atom. The number of aromatic nitrogens is 2. The third-order valence-electron chi connectivity index (χ3n) is 3.34. The van der Waals surface area contributed by atoms with Crippen LogP contribution in [0.1, 0.15) is 17.7 Å². The zero-order valence-corrected chi connectivity index (χ0v) is 13.2. The summed E-state index contributed by atoms with van der Waals surface area (Å²) in [6.07, 6.45) is 2.61. The Morgan fingerprint density at radius 1 is 1.32 bits per heavy atom. The second-order valence-electron chi connectivity index (χ2n) is 4.86. The molecular weight excluding hydrogens is 328 g/mol. The normalized spacial score (nSPS) is 11.2. The highest BCUT2D eigenvalue weighted by Crippen LogP contribution is 2.29. The van der Waals surface area contributed by atoms with Gasteiger partial charge in [-0.2, -0.15) is 5.10 Å². The van der Waals surface area contributed by atoms with Crippen LogP contribution < -0.4 is 5.32 Å². The summed E-state index contributed by atoms with van der Waals surface area (Å²) in [6, 6.07) is 7.35. The summed E-state index contributed by atoms with van der Waals surface area (Å²) in [4.78, 5) is 0. The predicted molar refractivity (Wildman–Crippen MR) is 85.5 cm³/mol. The van der Waals surface area contributed by atoms with E-state index in [2.05, 4.69) is 10.4 Å². The van der Waals surface area contributed by atoms with E-state index in [4.69, 9.17) is 27.6 Å². The molecule has 0 fully saturated rings. The fraction of sp³-hybridized carbons (Fsp3) is 0.267. The summed E-state index contributed by atoms with van der Waals surface area (Å²) in [5.41, 5.74) is 2.45. The Bertz CT molecular complexity index is 771. The van der Waals surface area contributed by atoms with Gasteiger partial charge in [0.15, 0.2) is 5.15 Å². The van der Waals surface area contributed by atoms with Gasteiger partial charge in [-0.05, 0) is 36.6 Å². The Balaban J connectivity index is 1.94. The van der Waals surface area contributed by atoms with Crippen molar-refractivity contribution in [3.8, 4) is 0 Å². The standard InChI is InChI=1S/C15H14Cl2FN3O/c16-14-8-12(19-9-11-4-2-6-22-11)13-7-10(3-1-5-18)15(17)21(13)20-14/h2,4,6-8,19H,1,3,5,9H2. The first-order chi connectivity index (χ1) is 10.7. The molecule has 3 rings (SSSR count). The van der Waals surface area contributed by atoms with Crippen molar-refractivity contribution in [3.05, 3.63) is 52.2 Å². The molecule has 0 aliphatic heterocycles. The number of nitrogens with one attached hydrogen (secondary N) is 1. The molecule has 0 aliphatic carbocycles. The molecule has 0 radical (unpaired) electrons. The molecule has 3 heterocycles. The largest absolute Gasteiger partial charge is 0.467 e. The molecule has 0 aliphatic rings. The van der Waals surface area contributed by atoms with Gasteiger partial charge in [-0.1, -0.05) is 23.2 Å². The van der Waals surface area contributed by atoms with Gasteiger partial charge in [0, 0.05) is 6.07 Å². The molecule has 0 bridgehead atoms. The number of alkyl halides is 1. The lowest BCUT2D eigenvalue weighted by molar-refractivity contribution is 0.473. The average molecular weight is 342 g/mol. The van der Waals surface area contributed by atoms with E-state index in [1.807, 2.05) is 18.2 Å². The SMILES string of the molecule is FCCCc1cc2c(NCc3ccco3)cc(Cl)nn2c1Cl. The first kappa shape index (κ1) is 15.2. The zero-order chi connectivity index (χ0) is 15.5. The maximum Gasteiger partial charge on any atom is 0.152 e. The van der Waals surface area contributed by atoms with Crippen LogP contribution in [0.2, 0.25) is 10.3 Å². The lowest BCUT2D eigenvalue weighted by atomic mass is 10.2. The number of rotatable bonds is 6. The summed E-state index contributed by atoms with van der Waals surface area (Å²) >= 11 is 12.4. The molecule has 0 saturated heterocycles. The van der Waals surface area contributed by atoms with E-state index in [9.17, 15) is 4.39 Å². The van der Waals surface area contributed by atoms with Gasteiger partial charge in [0.1, 0.15) is 10.9 Å². The van der Waals surface area contributed by atoms with Crippen LogP contribution in [0.3, 0.4) is 0 Å². The Hall–Kier alpha value is -1.72. The fourth-order valence-electron chi connectivity index (χ4n) is 2.30. The van der Waals surface area contributed by atoms with Crippen LogP contribution in [0.25, 0.3) is 5.52 Å². The van der Waals surface area contributed by atoms with Crippen LogP contribution in [0.4, 0.5) is 10.1 Å². The smallest absolute Gasteiger partial charge is 0.152 e. The number of aryl methyl sites for hydroxylation is 1. The molecule has 0 spiro atoms. The Morgan fingerprint density at radius 3 is 2.91 bits per heavy atom. The third-order valence-corrected chi connectivity index (χ3v) is 3.93. The minimum absolute atomic E-state index is 0.323. The van der Waals surface area contributed by atoms with E-state index in [1.54, 1.807) is 16.8 Å². The van der Waals surface area contributed by atoms with Gasteiger partial charge in [-0.15, -0.1) is 0 Å². The highest BCUT2D eigenvalue weighted by atomic mass is 35.5. The first-order valence-corrected chi connectivity index (χ1v) is 7.63. The molecule has 0 aromatic carbocycles. The number of anilines is 1. The number of hydrogen-bond acceptors (Lipinski definition) is 3. The Labute approximate surface area is 136 Å². The van der Waals surface area contributed by atoms with Gasteiger partial charge in [0.25, 0.3) is 0 Å². The van der Waals surface area contributed by atoms with Crippen LogP contribution >= 0.6 is 23.2 Å². The van der Waals surface area contributed by atoms with Gasteiger partial charge in [0.05, 0.1) is 30.7 Å². The van der Waals surface area contributed by atoms with E-state index in [1.165, 1.54) is 0 Å². The molecule has 0 saturated carbocycles. The van der Waals surface area contributed by atoms with E-state index >= 15 is 0 Å². The van der Waals surface area contributed by atoms with Crippen molar-refractivity contribution in [1.29, 1.82) is 0 Å².